The van der Waals surface area contributed by atoms with E-state index in [0.29, 0.717) is 0 Å². The number of aromatic nitrogens is 2. The van der Waals surface area contributed by atoms with Gasteiger partial charge in [0, 0.05) is 5.56 Å². The lowest BCUT2D eigenvalue weighted by Gasteiger charge is -1.96. The fourth-order valence-corrected chi connectivity index (χ4v) is 0.972. The second-order valence-electron chi connectivity index (χ2n) is 2.34. The summed E-state index contributed by atoms with van der Waals surface area (Å²) in [5, 5.41) is 7.47. The van der Waals surface area contributed by atoms with Crippen molar-refractivity contribution < 1.29 is 0 Å². The van der Waals surface area contributed by atoms with Gasteiger partial charge in [0.25, 0.3) is 0 Å². The summed E-state index contributed by atoms with van der Waals surface area (Å²) in [6, 6.07) is 13.5. The van der Waals surface area contributed by atoms with Crippen LogP contribution in [0.2, 0.25) is 0 Å². The van der Waals surface area contributed by atoms with Crippen LogP contribution in [0.5, 0.6) is 0 Å². The number of hydrogen-bond donors (Lipinski definition) is 0. The minimum Gasteiger partial charge on any atom is -0.159 e. The minimum absolute atomic E-state index is 0.993. The summed E-state index contributed by atoms with van der Waals surface area (Å²) in [6.45, 7) is 0. The maximum Gasteiger partial charge on any atom is 0.0574 e. The number of hydrogen-bond acceptors (Lipinski definition) is 2. The van der Waals surface area contributed by atoms with Gasteiger partial charge in [-0.2, -0.15) is 10.2 Å². The molecule has 12 heavy (non-hydrogen) atoms. The zero-order chi connectivity index (χ0) is 8.23. The molecule has 0 bridgehead atoms. The lowest BCUT2D eigenvalue weighted by molar-refractivity contribution is 1.03. The standard InChI is InChI=1S/C10H6N2/c1-2-4-9(5-3-1)10-6-7-11-12-8-10/h1-2,4,6-8H. The molecule has 0 saturated carbocycles. The summed E-state index contributed by atoms with van der Waals surface area (Å²) >= 11 is 0. The highest BCUT2D eigenvalue weighted by Gasteiger charge is 1.94. The molecule has 2 heteroatoms. The molecule has 2 radical (unpaired) electrons. The molecule has 0 aliphatic carbocycles. The molecular weight excluding hydrogens is 148 g/mol. The van der Waals surface area contributed by atoms with E-state index in [1.54, 1.807) is 12.4 Å². The molecule has 0 amide bonds. The van der Waals surface area contributed by atoms with Crippen molar-refractivity contribution in [1.82, 2.24) is 10.2 Å². The van der Waals surface area contributed by atoms with E-state index >= 15 is 0 Å². The quantitative estimate of drug-likeness (QED) is 0.625. The van der Waals surface area contributed by atoms with E-state index in [1.807, 2.05) is 24.3 Å². The van der Waals surface area contributed by atoms with Gasteiger partial charge >= 0.3 is 0 Å². The van der Waals surface area contributed by atoms with Gasteiger partial charge in [-0.25, -0.2) is 0 Å². The van der Waals surface area contributed by atoms with E-state index in [0.717, 1.165) is 11.1 Å². The Bertz CT molecular complexity index is 305. The maximum atomic E-state index is 3.78. The fraction of sp³-hybridized carbons (Fsp3) is 0. The van der Waals surface area contributed by atoms with Gasteiger partial charge < -0.3 is 0 Å². The van der Waals surface area contributed by atoms with Crippen molar-refractivity contribution in [3.8, 4) is 11.1 Å². The van der Waals surface area contributed by atoms with Crippen LogP contribution in [0, 0.1) is 12.1 Å². The second kappa shape index (κ2) is 3.13. The van der Waals surface area contributed by atoms with Crippen molar-refractivity contribution >= 4 is 0 Å². The Hall–Kier alpha value is -1.70. The highest BCUT2D eigenvalue weighted by Crippen LogP contribution is 2.14. The van der Waals surface area contributed by atoms with E-state index in [9.17, 15) is 0 Å². The average molecular weight is 154 g/mol. The maximum absolute atomic E-state index is 3.78. The van der Waals surface area contributed by atoms with Crippen LogP contribution >= 0.6 is 0 Å². The number of benzene rings is 1. The van der Waals surface area contributed by atoms with Crippen molar-refractivity contribution in [2.24, 2.45) is 0 Å². The van der Waals surface area contributed by atoms with Crippen LogP contribution in [0.1, 0.15) is 0 Å². The first kappa shape index (κ1) is 6.98. The third kappa shape index (κ3) is 1.32. The summed E-state index contributed by atoms with van der Waals surface area (Å²) < 4.78 is 0. The Morgan fingerprint density at radius 2 is 2.17 bits per heavy atom. The molecule has 2 rings (SSSR count). The van der Waals surface area contributed by atoms with Crippen molar-refractivity contribution in [1.29, 1.82) is 0 Å². The first-order valence-corrected chi connectivity index (χ1v) is 3.62. The molecule has 0 spiro atoms. The van der Waals surface area contributed by atoms with Crippen molar-refractivity contribution in [2.75, 3.05) is 0 Å². The molecule has 0 atom stereocenters. The predicted molar refractivity (Wildman–Crippen MR) is 45.1 cm³/mol. The molecule has 1 aromatic heterocycles. The van der Waals surface area contributed by atoms with E-state index in [4.69, 9.17) is 0 Å². The molecule has 2 nitrogen and oxygen atoms in total. The number of rotatable bonds is 1. The van der Waals surface area contributed by atoms with E-state index in [-0.39, 0.29) is 0 Å². The summed E-state index contributed by atoms with van der Waals surface area (Å²) in [5.41, 5.74) is 2.01. The highest BCUT2D eigenvalue weighted by molar-refractivity contribution is 5.60. The van der Waals surface area contributed by atoms with Crippen LogP contribution in [0.4, 0.5) is 0 Å². The predicted octanol–water partition coefficient (Wildman–Crippen LogP) is 1.74. The van der Waals surface area contributed by atoms with Gasteiger partial charge in [-0.1, -0.05) is 18.2 Å². The normalized spacial score (nSPS) is 9.67. The third-order valence-corrected chi connectivity index (χ3v) is 1.54. The summed E-state index contributed by atoms with van der Waals surface area (Å²) in [7, 11) is 0. The van der Waals surface area contributed by atoms with Crippen LogP contribution in [-0.4, -0.2) is 10.2 Å². The molecule has 0 aliphatic heterocycles. The Morgan fingerprint density at radius 3 is 2.83 bits per heavy atom. The Morgan fingerprint density at radius 1 is 1.17 bits per heavy atom. The smallest absolute Gasteiger partial charge is 0.0574 e. The molecule has 0 unspecified atom stereocenters. The molecule has 1 heterocycles. The lowest BCUT2D eigenvalue weighted by Crippen LogP contribution is -1.81. The molecule has 1 aromatic carbocycles. The minimum atomic E-state index is 0.993. The SMILES string of the molecule is [c]1[c]c(-c2ccnnc2)ccc1. The molecular formula is C10H6N2. The first-order chi connectivity index (χ1) is 5.97. The van der Waals surface area contributed by atoms with Crippen molar-refractivity contribution in [2.45, 2.75) is 0 Å². The van der Waals surface area contributed by atoms with Crippen LogP contribution in [0.3, 0.4) is 0 Å². The molecule has 2 aromatic rings. The van der Waals surface area contributed by atoms with Crippen molar-refractivity contribution in [3.05, 3.63) is 48.8 Å². The van der Waals surface area contributed by atoms with Crippen molar-refractivity contribution in [3.63, 3.8) is 0 Å². The monoisotopic (exact) mass is 154 g/mol. The van der Waals surface area contributed by atoms with Crippen LogP contribution in [-0.2, 0) is 0 Å². The molecule has 0 N–H and O–H groups in total. The summed E-state index contributed by atoms with van der Waals surface area (Å²) in [5.74, 6) is 0. The molecule has 56 valence electrons. The average Bonchev–Trinajstić information content (AvgIpc) is 2.21. The van der Waals surface area contributed by atoms with Gasteiger partial charge in [0.2, 0.25) is 0 Å². The second-order valence-corrected chi connectivity index (χ2v) is 2.34. The van der Waals surface area contributed by atoms with E-state index in [2.05, 4.69) is 22.3 Å². The molecule has 0 fully saturated rings. The molecule has 0 aliphatic rings. The van der Waals surface area contributed by atoms with Crippen LogP contribution in [0.15, 0.2) is 36.7 Å². The van der Waals surface area contributed by atoms with Crippen LogP contribution in [0.25, 0.3) is 11.1 Å². The lowest BCUT2D eigenvalue weighted by atomic mass is 10.1. The zero-order valence-corrected chi connectivity index (χ0v) is 6.36. The first-order valence-electron chi connectivity index (χ1n) is 3.62. The summed E-state index contributed by atoms with van der Waals surface area (Å²) in [6.07, 6.45) is 3.37. The zero-order valence-electron chi connectivity index (χ0n) is 6.36. The van der Waals surface area contributed by atoms with E-state index in [1.165, 1.54) is 0 Å². The number of nitrogens with zero attached hydrogens (tertiary/aromatic N) is 2. The van der Waals surface area contributed by atoms with Gasteiger partial charge in [-0.15, -0.1) is 0 Å². The fourth-order valence-electron chi connectivity index (χ4n) is 0.972. The Kier molecular flexibility index (Phi) is 1.82. The summed E-state index contributed by atoms with van der Waals surface area (Å²) in [4.78, 5) is 0. The van der Waals surface area contributed by atoms with Gasteiger partial charge in [-0.3, -0.25) is 0 Å². The van der Waals surface area contributed by atoms with Gasteiger partial charge in [-0.05, 0) is 23.8 Å². The Labute approximate surface area is 70.9 Å². The largest absolute Gasteiger partial charge is 0.159 e. The third-order valence-electron chi connectivity index (χ3n) is 1.54. The van der Waals surface area contributed by atoms with Gasteiger partial charge in [0.15, 0.2) is 0 Å². The van der Waals surface area contributed by atoms with E-state index < -0.39 is 0 Å². The highest BCUT2D eigenvalue weighted by atomic mass is 15.1. The van der Waals surface area contributed by atoms with Gasteiger partial charge in [0.05, 0.1) is 12.4 Å². The van der Waals surface area contributed by atoms with Gasteiger partial charge in [0.1, 0.15) is 0 Å². The topological polar surface area (TPSA) is 25.8 Å². The van der Waals surface area contributed by atoms with Crippen LogP contribution < -0.4 is 0 Å². The Balaban J connectivity index is 2.46. The molecule has 0 saturated heterocycles.